The highest BCUT2D eigenvalue weighted by molar-refractivity contribution is 5.87. The van der Waals surface area contributed by atoms with Crippen LogP contribution in [0.5, 0.6) is 0 Å². The molecule has 2 heterocycles. The van der Waals surface area contributed by atoms with Crippen LogP contribution in [-0.4, -0.2) is 10.9 Å². The lowest BCUT2D eigenvalue weighted by molar-refractivity contribution is -0.117. The first-order valence-electron chi connectivity index (χ1n) is 4.97. The molecule has 16 heavy (non-hydrogen) atoms. The van der Waals surface area contributed by atoms with Crippen molar-refractivity contribution in [3.63, 3.8) is 0 Å². The molecule has 0 aromatic carbocycles. The number of hydrogen-bond acceptors (Lipinski definition) is 3. The summed E-state index contributed by atoms with van der Waals surface area (Å²) in [6, 6.07) is 3.48. The predicted octanol–water partition coefficient (Wildman–Crippen LogP) is 2.19. The largest absolute Gasteiger partial charge is 0.459 e. The zero-order chi connectivity index (χ0) is 11.5. The fraction of sp³-hybridized carbons (Fsp3) is 0.167. The molecule has 0 aliphatic carbocycles. The first kappa shape index (κ1) is 10.4. The molecule has 4 heteroatoms. The van der Waals surface area contributed by atoms with Crippen LogP contribution in [0.15, 0.2) is 41.6 Å². The quantitative estimate of drug-likeness (QED) is 0.800. The number of nitrogens with one attached hydrogen (secondary N) is 1. The average molecular weight is 216 g/mol. The van der Waals surface area contributed by atoms with E-state index in [1.807, 2.05) is 13.0 Å². The lowest BCUT2D eigenvalue weighted by Crippen LogP contribution is -2.23. The van der Waals surface area contributed by atoms with Gasteiger partial charge >= 0.3 is 0 Å². The van der Waals surface area contributed by atoms with Gasteiger partial charge in [0.15, 0.2) is 0 Å². The lowest BCUT2D eigenvalue weighted by Gasteiger charge is -2.08. The lowest BCUT2D eigenvalue weighted by atomic mass is 10.2. The van der Waals surface area contributed by atoms with Crippen LogP contribution in [0.25, 0.3) is 11.0 Å². The highest BCUT2D eigenvalue weighted by atomic mass is 16.3. The standard InChI is InChI=1S/C12H12N2O2/c1-3-12(15)14-8(2)11-6-9-7-13-5-4-10(9)16-11/h3-8H,1H2,2H3,(H,14,15). The van der Waals surface area contributed by atoms with Gasteiger partial charge in [-0.05, 0) is 25.1 Å². The highest BCUT2D eigenvalue weighted by Gasteiger charge is 2.12. The third-order valence-corrected chi connectivity index (χ3v) is 2.31. The van der Waals surface area contributed by atoms with E-state index in [4.69, 9.17) is 4.42 Å². The molecule has 0 fully saturated rings. The van der Waals surface area contributed by atoms with Gasteiger partial charge in [0, 0.05) is 17.8 Å². The van der Waals surface area contributed by atoms with Crippen LogP contribution < -0.4 is 5.32 Å². The molecule has 0 radical (unpaired) electrons. The van der Waals surface area contributed by atoms with Crippen molar-refractivity contribution in [3.8, 4) is 0 Å². The monoisotopic (exact) mass is 216 g/mol. The van der Waals surface area contributed by atoms with Crippen LogP contribution in [0.2, 0.25) is 0 Å². The molecule has 0 spiro atoms. The SMILES string of the molecule is C=CC(=O)NC(C)c1cc2cnccc2o1. The van der Waals surface area contributed by atoms with E-state index in [0.717, 1.165) is 11.0 Å². The van der Waals surface area contributed by atoms with Gasteiger partial charge in [-0.25, -0.2) is 0 Å². The summed E-state index contributed by atoms with van der Waals surface area (Å²) < 4.78 is 5.59. The molecule has 0 saturated carbocycles. The number of nitrogens with zero attached hydrogens (tertiary/aromatic N) is 1. The van der Waals surface area contributed by atoms with Crippen molar-refractivity contribution in [1.29, 1.82) is 0 Å². The van der Waals surface area contributed by atoms with Crippen molar-refractivity contribution in [2.45, 2.75) is 13.0 Å². The summed E-state index contributed by atoms with van der Waals surface area (Å²) in [5.41, 5.74) is 0.768. The molecule has 2 aromatic rings. The van der Waals surface area contributed by atoms with Crippen LogP contribution in [0.4, 0.5) is 0 Å². The summed E-state index contributed by atoms with van der Waals surface area (Å²) in [5, 5.41) is 3.66. The molecule has 2 aromatic heterocycles. The van der Waals surface area contributed by atoms with Gasteiger partial charge in [-0.1, -0.05) is 6.58 Å². The summed E-state index contributed by atoms with van der Waals surface area (Å²) in [6.45, 7) is 5.25. The molecule has 82 valence electrons. The Balaban J connectivity index is 2.26. The summed E-state index contributed by atoms with van der Waals surface area (Å²) in [4.78, 5) is 15.1. The molecule has 1 atom stereocenters. The number of pyridine rings is 1. The van der Waals surface area contributed by atoms with E-state index in [1.54, 1.807) is 18.5 Å². The second kappa shape index (κ2) is 4.18. The van der Waals surface area contributed by atoms with Gasteiger partial charge in [0.25, 0.3) is 0 Å². The van der Waals surface area contributed by atoms with Gasteiger partial charge in [0.05, 0.1) is 6.04 Å². The molecule has 1 unspecified atom stereocenters. The Morgan fingerprint density at radius 3 is 3.19 bits per heavy atom. The molecular weight excluding hydrogens is 204 g/mol. The maximum absolute atomic E-state index is 11.1. The van der Waals surface area contributed by atoms with Crippen molar-refractivity contribution < 1.29 is 9.21 Å². The van der Waals surface area contributed by atoms with Crippen LogP contribution in [-0.2, 0) is 4.79 Å². The van der Waals surface area contributed by atoms with E-state index in [1.165, 1.54) is 6.08 Å². The second-order valence-electron chi connectivity index (χ2n) is 3.50. The molecule has 1 N–H and O–H groups in total. The minimum Gasteiger partial charge on any atom is -0.459 e. The zero-order valence-electron chi connectivity index (χ0n) is 8.93. The van der Waals surface area contributed by atoms with Crippen LogP contribution in [0.1, 0.15) is 18.7 Å². The predicted molar refractivity (Wildman–Crippen MR) is 60.8 cm³/mol. The minimum absolute atomic E-state index is 0.183. The maximum atomic E-state index is 11.1. The summed E-state index contributed by atoms with van der Waals surface area (Å²) in [7, 11) is 0. The molecule has 0 aliphatic heterocycles. The molecule has 4 nitrogen and oxygen atoms in total. The third kappa shape index (κ3) is 1.95. The van der Waals surface area contributed by atoms with Crippen molar-refractivity contribution in [1.82, 2.24) is 10.3 Å². The van der Waals surface area contributed by atoms with Gasteiger partial charge in [0.2, 0.25) is 5.91 Å². The average Bonchev–Trinajstić information content (AvgIpc) is 2.72. The Morgan fingerprint density at radius 2 is 2.50 bits per heavy atom. The number of hydrogen-bond donors (Lipinski definition) is 1. The number of rotatable bonds is 3. The molecule has 0 bridgehead atoms. The van der Waals surface area contributed by atoms with Crippen LogP contribution in [0.3, 0.4) is 0 Å². The molecule has 0 saturated heterocycles. The van der Waals surface area contributed by atoms with E-state index < -0.39 is 0 Å². The van der Waals surface area contributed by atoms with E-state index in [-0.39, 0.29) is 11.9 Å². The molecular formula is C12H12N2O2. The molecule has 0 aliphatic rings. The number of fused-ring (bicyclic) bond motifs is 1. The number of aromatic nitrogens is 1. The fourth-order valence-corrected chi connectivity index (χ4v) is 1.46. The Kier molecular flexibility index (Phi) is 2.72. The van der Waals surface area contributed by atoms with E-state index in [0.29, 0.717) is 5.76 Å². The van der Waals surface area contributed by atoms with E-state index >= 15 is 0 Å². The van der Waals surface area contributed by atoms with Crippen molar-refractivity contribution in [2.24, 2.45) is 0 Å². The second-order valence-corrected chi connectivity index (χ2v) is 3.50. The Morgan fingerprint density at radius 1 is 1.69 bits per heavy atom. The van der Waals surface area contributed by atoms with Crippen molar-refractivity contribution in [3.05, 3.63) is 42.9 Å². The highest BCUT2D eigenvalue weighted by Crippen LogP contribution is 2.22. The van der Waals surface area contributed by atoms with Gasteiger partial charge in [-0.3, -0.25) is 9.78 Å². The van der Waals surface area contributed by atoms with Crippen molar-refractivity contribution in [2.75, 3.05) is 0 Å². The van der Waals surface area contributed by atoms with E-state index in [9.17, 15) is 4.79 Å². The van der Waals surface area contributed by atoms with Crippen molar-refractivity contribution >= 4 is 16.9 Å². The number of carbonyl (C=O) groups excluding carboxylic acids is 1. The summed E-state index contributed by atoms with van der Waals surface area (Å²) in [6.07, 6.45) is 4.63. The number of carbonyl (C=O) groups is 1. The normalized spacial score (nSPS) is 12.3. The van der Waals surface area contributed by atoms with Gasteiger partial charge in [-0.2, -0.15) is 0 Å². The smallest absolute Gasteiger partial charge is 0.243 e. The van der Waals surface area contributed by atoms with Gasteiger partial charge in [-0.15, -0.1) is 0 Å². The summed E-state index contributed by atoms with van der Waals surface area (Å²) in [5.74, 6) is 0.490. The van der Waals surface area contributed by atoms with E-state index in [2.05, 4.69) is 16.9 Å². The fourth-order valence-electron chi connectivity index (χ4n) is 1.46. The number of furan rings is 1. The number of amides is 1. The molecule has 1 amide bonds. The Bertz CT molecular complexity index is 498. The first-order chi connectivity index (χ1) is 7.70. The zero-order valence-corrected chi connectivity index (χ0v) is 8.93. The Labute approximate surface area is 93.0 Å². The first-order valence-corrected chi connectivity index (χ1v) is 4.97. The third-order valence-electron chi connectivity index (χ3n) is 2.31. The molecule has 2 rings (SSSR count). The topological polar surface area (TPSA) is 55.1 Å². The summed E-state index contributed by atoms with van der Waals surface area (Å²) >= 11 is 0. The minimum atomic E-state index is -0.217. The maximum Gasteiger partial charge on any atom is 0.243 e. The van der Waals surface area contributed by atoms with Gasteiger partial charge in [0.1, 0.15) is 11.3 Å². The van der Waals surface area contributed by atoms with Gasteiger partial charge < -0.3 is 9.73 Å². The van der Waals surface area contributed by atoms with Crippen LogP contribution in [0, 0.1) is 0 Å². The Hall–Kier alpha value is -2.10. The van der Waals surface area contributed by atoms with Crippen LogP contribution >= 0.6 is 0 Å².